The van der Waals surface area contributed by atoms with Gasteiger partial charge < -0.3 is 5.32 Å². The van der Waals surface area contributed by atoms with Crippen LogP contribution in [0.3, 0.4) is 0 Å². The van der Waals surface area contributed by atoms with Gasteiger partial charge in [0, 0.05) is 20.6 Å². The molecule has 0 aromatic heterocycles. The Balaban J connectivity index is 1.96. The fourth-order valence-electron chi connectivity index (χ4n) is 1.70. The molecule has 0 fully saturated rings. The van der Waals surface area contributed by atoms with Crippen LogP contribution in [0.4, 0.5) is 5.69 Å². The van der Waals surface area contributed by atoms with Crippen molar-refractivity contribution >= 4 is 85.7 Å². The monoisotopic (exact) mass is 462 g/mol. The minimum absolute atomic E-state index is 0.135. The van der Waals surface area contributed by atoms with E-state index in [1.165, 1.54) is 6.08 Å². The molecule has 2 rings (SSSR count). The number of carbonyl (C=O) groups is 1. The summed E-state index contributed by atoms with van der Waals surface area (Å²) in [4.78, 5) is 11.9. The summed E-state index contributed by atoms with van der Waals surface area (Å²) in [6.45, 7) is 0. The highest BCUT2D eigenvalue weighted by atomic mass is 79.9. The number of nitrogens with one attached hydrogen (secondary N) is 2. The Bertz CT molecular complexity index is 827. The normalized spacial score (nSPS) is 10.7. The van der Waals surface area contributed by atoms with Crippen LogP contribution >= 0.6 is 63.0 Å². The molecule has 3 nitrogen and oxygen atoms in total. The number of amides is 1. The SMILES string of the molecule is O=C(/C=C/c1ccc(Cl)cc1Cl)NC(=S)Nc1ccc(Br)cc1Cl. The van der Waals surface area contributed by atoms with Crippen molar-refractivity contribution in [2.45, 2.75) is 0 Å². The van der Waals surface area contributed by atoms with Gasteiger partial charge in [-0.05, 0) is 54.2 Å². The van der Waals surface area contributed by atoms with E-state index in [-0.39, 0.29) is 5.11 Å². The second-order valence-corrected chi connectivity index (χ2v) is 7.14. The van der Waals surface area contributed by atoms with Gasteiger partial charge in [-0.3, -0.25) is 10.1 Å². The number of rotatable bonds is 3. The number of benzene rings is 2. The topological polar surface area (TPSA) is 41.1 Å². The lowest BCUT2D eigenvalue weighted by atomic mass is 10.2. The lowest BCUT2D eigenvalue weighted by Crippen LogP contribution is -2.32. The molecule has 0 aliphatic rings. The number of hydrogen-bond donors (Lipinski definition) is 2. The Morgan fingerprint density at radius 3 is 2.50 bits per heavy atom. The quantitative estimate of drug-likeness (QED) is 0.437. The molecule has 0 aliphatic carbocycles. The Labute approximate surface area is 168 Å². The van der Waals surface area contributed by atoms with Crippen LogP contribution in [0.1, 0.15) is 5.56 Å². The van der Waals surface area contributed by atoms with Crippen molar-refractivity contribution < 1.29 is 4.79 Å². The van der Waals surface area contributed by atoms with E-state index in [0.29, 0.717) is 26.3 Å². The van der Waals surface area contributed by atoms with E-state index in [1.54, 1.807) is 42.5 Å². The number of carbonyl (C=O) groups excluding carboxylic acids is 1. The average Bonchev–Trinajstić information content (AvgIpc) is 2.49. The number of anilines is 1. The molecule has 0 spiro atoms. The molecular formula is C16H10BrCl3N2OS. The molecule has 8 heteroatoms. The lowest BCUT2D eigenvalue weighted by Gasteiger charge is -2.10. The molecule has 0 unspecified atom stereocenters. The van der Waals surface area contributed by atoms with Gasteiger partial charge in [0.25, 0.3) is 0 Å². The van der Waals surface area contributed by atoms with Gasteiger partial charge in [-0.15, -0.1) is 0 Å². The molecule has 0 heterocycles. The summed E-state index contributed by atoms with van der Waals surface area (Å²) in [5.74, 6) is -0.397. The second-order valence-electron chi connectivity index (χ2n) is 4.57. The highest BCUT2D eigenvalue weighted by Crippen LogP contribution is 2.25. The Hall–Kier alpha value is -1.11. The van der Waals surface area contributed by atoms with Crippen molar-refractivity contribution in [2.75, 3.05) is 5.32 Å². The molecule has 124 valence electrons. The summed E-state index contributed by atoms with van der Waals surface area (Å²) in [7, 11) is 0. The predicted molar refractivity (Wildman–Crippen MR) is 109 cm³/mol. The molecule has 0 saturated heterocycles. The summed E-state index contributed by atoms with van der Waals surface area (Å²) < 4.78 is 0.843. The fourth-order valence-corrected chi connectivity index (χ4v) is 3.10. The molecule has 2 aromatic carbocycles. The Kier molecular flexibility index (Phi) is 7.07. The van der Waals surface area contributed by atoms with Crippen molar-refractivity contribution in [3.63, 3.8) is 0 Å². The van der Waals surface area contributed by atoms with Crippen molar-refractivity contribution in [1.29, 1.82) is 0 Å². The third-order valence-electron chi connectivity index (χ3n) is 2.79. The highest BCUT2D eigenvalue weighted by Gasteiger charge is 2.06. The van der Waals surface area contributed by atoms with E-state index in [2.05, 4.69) is 26.6 Å². The van der Waals surface area contributed by atoms with E-state index >= 15 is 0 Å². The Morgan fingerprint density at radius 1 is 1.08 bits per heavy atom. The second kappa shape index (κ2) is 8.83. The molecule has 0 bridgehead atoms. The summed E-state index contributed by atoms with van der Waals surface area (Å²) in [6.07, 6.45) is 2.90. The minimum Gasteiger partial charge on any atom is -0.331 e. The zero-order valence-electron chi connectivity index (χ0n) is 11.9. The summed E-state index contributed by atoms with van der Waals surface area (Å²) in [5, 5.41) is 6.97. The number of thiocarbonyl (C=S) groups is 1. The van der Waals surface area contributed by atoms with Crippen LogP contribution in [-0.4, -0.2) is 11.0 Å². The van der Waals surface area contributed by atoms with Crippen LogP contribution in [0.5, 0.6) is 0 Å². The molecule has 0 radical (unpaired) electrons. The van der Waals surface area contributed by atoms with Crippen molar-refractivity contribution in [3.05, 3.63) is 67.6 Å². The Morgan fingerprint density at radius 2 is 1.83 bits per heavy atom. The third-order valence-corrected chi connectivity index (χ3v) is 4.37. The minimum atomic E-state index is -0.397. The molecule has 1 amide bonds. The van der Waals surface area contributed by atoms with E-state index in [9.17, 15) is 4.79 Å². The van der Waals surface area contributed by atoms with Crippen LogP contribution in [0.15, 0.2) is 46.9 Å². The smallest absolute Gasteiger partial charge is 0.250 e. The first-order valence-corrected chi connectivity index (χ1v) is 8.89. The van der Waals surface area contributed by atoms with Gasteiger partial charge in [0.2, 0.25) is 5.91 Å². The molecule has 0 saturated carbocycles. The summed E-state index contributed by atoms with van der Waals surface area (Å²) >= 11 is 26.3. The molecule has 0 atom stereocenters. The van der Waals surface area contributed by atoms with Gasteiger partial charge in [-0.25, -0.2) is 0 Å². The zero-order valence-corrected chi connectivity index (χ0v) is 16.6. The first-order valence-electron chi connectivity index (χ1n) is 6.55. The van der Waals surface area contributed by atoms with Crippen LogP contribution in [0, 0.1) is 0 Å². The zero-order chi connectivity index (χ0) is 17.7. The van der Waals surface area contributed by atoms with Crippen LogP contribution in [0.2, 0.25) is 15.1 Å². The molecule has 24 heavy (non-hydrogen) atoms. The standard InChI is InChI=1S/C16H10BrCl3N2OS/c17-10-3-5-14(13(20)7-10)21-16(24)22-15(23)6-2-9-1-4-11(18)8-12(9)19/h1-8H,(H2,21,22,23,24)/b6-2+. The maximum absolute atomic E-state index is 11.9. The van der Waals surface area contributed by atoms with E-state index < -0.39 is 5.91 Å². The van der Waals surface area contributed by atoms with Crippen molar-refractivity contribution in [2.24, 2.45) is 0 Å². The molecule has 2 aromatic rings. The van der Waals surface area contributed by atoms with E-state index in [0.717, 1.165) is 4.47 Å². The third kappa shape index (κ3) is 5.76. The van der Waals surface area contributed by atoms with E-state index in [4.69, 9.17) is 47.0 Å². The van der Waals surface area contributed by atoms with Crippen LogP contribution < -0.4 is 10.6 Å². The number of halogens is 4. The van der Waals surface area contributed by atoms with E-state index in [1.807, 2.05) is 0 Å². The van der Waals surface area contributed by atoms with Gasteiger partial charge in [0.15, 0.2) is 5.11 Å². The first-order chi connectivity index (χ1) is 11.3. The average molecular weight is 465 g/mol. The fraction of sp³-hybridized carbons (Fsp3) is 0. The van der Waals surface area contributed by atoms with Gasteiger partial charge >= 0.3 is 0 Å². The van der Waals surface area contributed by atoms with Gasteiger partial charge in [0.1, 0.15) is 0 Å². The maximum Gasteiger partial charge on any atom is 0.250 e. The van der Waals surface area contributed by atoms with Gasteiger partial charge in [0.05, 0.1) is 10.7 Å². The van der Waals surface area contributed by atoms with Crippen molar-refractivity contribution in [3.8, 4) is 0 Å². The number of hydrogen-bond acceptors (Lipinski definition) is 2. The first kappa shape index (κ1) is 19.2. The lowest BCUT2D eigenvalue weighted by molar-refractivity contribution is -0.115. The maximum atomic E-state index is 11.9. The van der Waals surface area contributed by atoms with Crippen molar-refractivity contribution in [1.82, 2.24) is 5.32 Å². The highest BCUT2D eigenvalue weighted by molar-refractivity contribution is 9.10. The molecule has 0 aliphatic heterocycles. The predicted octanol–water partition coefficient (Wildman–Crippen LogP) is 5.94. The van der Waals surface area contributed by atoms with Gasteiger partial charge in [-0.2, -0.15) is 0 Å². The largest absolute Gasteiger partial charge is 0.331 e. The van der Waals surface area contributed by atoms with Crippen LogP contribution in [0.25, 0.3) is 6.08 Å². The summed E-state index contributed by atoms with van der Waals surface area (Å²) in [6, 6.07) is 10.3. The summed E-state index contributed by atoms with van der Waals surface area (Å²) in [5.41, 5.74) is 1.26. The van der Waals surface area contributed by atoms with Gasteiger partial charge in [-0.1, -0.05) is 56.8 Å². The molecule has 2 N–H and O–H groups in total. The van der Waals surface area contributed by atoms with Crippen LogP contribution in [-0.2, 0) is 4.79 Å². The molecular weight excluding hydrogens is 455 g/mol.